The van der Waals surface area contributed by atoms with Crippen LogP contribution in [0.2, 0.25) is 0 Å². The Kier molecular flexibility index (Phi) is 3.97. The van der Waals surface area contributed by atoms with E-state index in [9.17, 15) is 8.42 Å². The summed E-state index contributed by atoms with van der Waals surface area (Å²) in [6.07, 6.45) is 0. The number of hydrogen-bond acceptors (Lipinski definition) is 2. The van der Waals surface area contributed by atoms with Gasteiger partial charge in [0.05, 0.1) is 9.79 Å². The first kappa shape index (κ1) is 17.9. The quantitative estimate of drug-likeness (QED) is 0.315. The summed E-state index contributed by atoms with van der Waals surface area (Å²) in [4.78, 5) is 0.751. The van der Waals surface area contributed by atoms with Gasteiger partial charge < -0.3 is 0 Å². The van der Waals surface area contributed by atoms with Crippen molar-refractivity contribution in [3.63, 3.8) is 0 Å². The molecule has 0 saturated carbocycles. The SMILES string of the molecule is Cc1ccc(S(=O)(=O)c2c3ccccc3c(C)c3ccccc23)c2ccccc12. The normalized spacial score (nSPS) is 12.1. The highest BCUT2D eigenvalue weighted by atomic mass is 32.2. The van der Waals surface area contributed by atoms with E-state index in [0.29, 0.717) is 9.79 Å². The zero-order valence-electron chi connectivity index (χ0n) is 16.3. The monoisotopic (exact) mass is 396 g/mol. The molecule has 0 radical (unpaired) electrons. The van der Waals surface area contributed by atoms with Crippen LogP contribution in [0, 0.1) is 13.8 Å². The predicted octanol–water partition coefficient (Wildman–Crippen LogP) is 6.60. The van der Waals surface area contributed by atoms with E-state index in [0.717, 1.165) is 43.4 Å². The second-order valence-corrected chi connectivity index (χ2v) is 9.33. The minimum Gasteiger partial charge on any atom is -0.218 e. The summed E-state index contributed by atoms with van der Waals surface area (Å²) in [5, 5.41) is 5.22. The molecule has 0 heterocycles. The van der Waals surface area contributed by atoms with Crippen molar-refractivity contribution < 1.29 is 8.42 Å². The maximum atomic E-state index is 14.1. The first-order valence-corrected chi connectivity index (χ1v) is 11.1. The first-order valence-electron chi connectivity index (χ1n) is 9.63. The molecule has 0 fully saturated rings. The van der Waals surface area contributed by atoms with Crippen molar-refractivity contribution >= 4 is 42.2 Å². The van der Waals surface area contributed by atoms with Gasteiger partial charge in [0.25, 0.3) is 0 Å². The predicted molar refractivity (Wildman–Crippen MR) is 120 cm³/mol. The van der Waals surface area contributed by atoms with Gasteiger partial charge in [0.15, 0.2) is 0 Å². The van der Waals surface area contributed by atoms with Gasteiger partial charge in [-0.05, 0) is 47.2 Å². The van der Waals surface area contributed by atoms with Gasteiger partial charge in [-0.15, -0.1) is 0 Å². The zero-order chi connectivity index (χ0) is 20.2. The smallest absolute Gasteiger partial charge is 0.208 e. The molecule has 3 heteroatoms. The molecule has 0 bridgehead atoms. The van der Waals surface area contributed by atoms with Gasteiger partial charge in [-0.1, -0.05) is 78.9 Å². The fourth-order valence-corrected chi connectivity index (χ4v) is 6.23. The van der Waals surface area contributed by atoms with Crippen molar-refractivity contribution in [1.82, 2.24) is 0 Å². The molecule has 0 amide bonds. The van der Waals surface area contributed by atoms with Crippen LogP contribution in [0.4, 0.5) is 0 Å². The van der Waals surface area contributed by atoms with Crippen LogP contribution >= 0.6 is 0 Å². The lowest BCUT2D eigenvalue weighted by Crippen LogP contribution is -2.06. The van der Waals surface area contributed by atoms with E-state index in [4.69, 9.17) is 0 Å². The first-order chi connectivity index (χ1) is 14.0. The molecule has 0 aliphatic heterocycles. The van der Waals surface area contributed by atoms with E-state index >= 15 is 0 Å². The lowest BCUT2D eigenvalue weighted by molar-refractivity contribution is 0.598. The third-order valence-corrected chi connectivity index (χ3v) is 7.72. The Balaban J connectivity index is 1.99. The highest BCUT2D eigenvalue weighted by Crippen LogP contribution is 2.39. The van der Waals surface area contributed by atoms with E-state index in [1.54, 1.807) is 6.07 Å². The molecule has 0 N–H and O–H groups in total. The molecule has 0 aromatic heterocycles. The standard InChI is InChI=1S/C26H20O2S/c1-17-15-16-25(22-12-6-3-9-19(17)22)29(27,28)26-23-13-7-4-10-20(23)18(2)21-11-5-8-14-24(21)26/h3-16H,1-2H3. The highest BCUT2D eigenvalue weighted by molar-refractivity contribution is 7.92. The Morgan fingerprint density at radius 2 is 0.966 bits per heavy atom. The summed E-state index contributed by atoms with van der Waals surface area (Å²) in [6, 6.07) is 26.9. The maximum absolute atomic E-state index is 14.1. The Hall–Kier alpha value is -3.17. The molecule has 2 nitrogen and oxygen atoms in total. The van der Waals surface area contributed by atoms with Crippen LogP contribution in [0.15, 0.2) is 94.7 Å². The van der Waals surface area contributed by atoms with Gasteiger partial charge in [0.2, 0.25) is 9.84 Å². The van der Waals surface area contributed by atoms with Gasteiger partial charge in [-0.3, -0.25) is 0 Å². The molecule has 0 unspecified atom stereocenters. The summed E-state index contributed by atoms with van der Waals surface area (Å²) in [7, 11) is -3.75. The van der Waals surface area contributed by atoms with Crippen molar-refractivity contribution in [3.05, 3.63) is 96.1 Å². The van der Waals surface area contributed by atoms with Crippen LogP contribution in [0.25, 0.3) is 32.3 Å². The fraction of sp³-hybridized carbons (Fsp3) is 0.0769. The molecule has 5 aromatic carbocycles. The third kappa shape index (κ3) is 2.58. The fourth-order valence-electron chi connectivity index (χ4n) is 4.36. The molecule has 0 saturated heterocycles. The summed E-state index contributed by atoms with van der Waals surface area (Å²) in [5.41, 5.74) is 2.17. The second-order valence-electron chi connectivity index (χ2n) is 7.47. The van der Waals surface area contributed by atoms with E-state index in [1.165, 1.54) is 0 Å². The molecule has 29 heavy (non-hydrogen) atoms. The van der Waals surface area contributed by atoms with Crippen molar-refractivity contribution in [2.45, 2.75) is 23.6 Å². The van der Waals surface area contributed by atoms with Crippen LogP contribution in [0.3, 0.4) is 0 Å². The molecule has 0 spiro atoms. The van der Waals surface area contributed by atoms with Crippen LogP contribution in [-0.4, -0.2) is 8.42 Å². The van der Waals surface area contributed by atoms with E-state index in [1.807, 2.05) is 85.8 Å². The molecular weight excluding hydrogens is 376 g/mol. The third-order valence-electron chi connectivity index (χ3n) is 5.81. The van der Waals surface area contributed by atoms with Gasteiger partial charge in [-0.25, -0.2) is 8.42 Å². The van der Waals surface area contributed by atoms with Crippen LogP contribution < -0.4 is 0 Å². The molecule has 0 atom stereocenters. The number of rotatable bonds is 2. The lowest BCUT2D eigenvalue weighted by atomic mass is 9.98. The summed E-state index contributed by atoms with van der Waals surface area (Å²) >= 11 is 0. The maximum Gasteiger partial charge on any atom is 0.208 e. The zero-order valence-corrected chi connectivity index (χ0v) is 17.1. The summed E-state index contributed by atoms with van der Waals surface area (Å²) < 4.78 is 28.2. The highest BCUT2D eigenvalue weighted by Gasteiger charge is 2.26. The molecule has 5 aromatic rings. The minimum absolute atomic E-state index is 0.359. The number of sulfone groups is 1. The van der Waals surface area contributed by atoms with Crippen molar-refractivity contribution in [3.8, 4) is 0 Å². The van der Waals surface area contributed by atoms with Crippen molar-refractivity contribution in [1.29, 1.82) is 0 Å². The molecule has 0 aliphatic carbocycles. The van der Waals surface area contributed by atoms with E-state index < -0.39 is 9.84 Å². The Morgan fingerprint density at radius 1 is 0.517 bits per heavy atom. The Bertz CT molecular complexity index is 1470. The number of aryl methyl sites for hydroxylation is 2. The average molecular weight is 397 g/mol. The topological polar surface area (TPSA) is 34.1 Å². The number of hydrogen-bond donors (Lipinski definition) is 0. The minimum atomic E-state index is -3.75. The Labute approximate surface area is 170 Å². The number of fused-ring (bicyclic) bond motifs is 3. The Morgan fingerprint density at radius 3 is 1.52 bits per heavy atom. The largest absolute Gasteiger partial charge is 0.218 e. The van der Waals surface area contributed by atoms with Crippen LogP contribution in [-0.2, 0) is 9.84 Å². The number of benzene rings is 5. The molecule has 5 rings (SSSR count). The van der Waals surface area contributed by atoms with E-state index in [-0.39, 0.29) is 0 Å². The lowest BCUT2D eigenvalue weighted by Gasteiger charge is -2.16. The van der Waals surface area contributed by atoms with Gasteiger partial charge in [0, 0.05) is 16.2 Å². The second kappa shape index (κ2) is 6.43. The van der Waals surface area contributed by atoms with Crippen molar-refractivity contribution in [2.24, 2.45) is 0 Å². The average Bonchev–Trinajstić information content (AvgIpc) is 2.74. The van der Waals surface area contributed by atoms with Gasteiger partial charge >= 0.3 is 0 Å². The molecular formula is C26H20O2S. The summed E-state index contributed by atoms with van der Waals surface area (Å²) in [6.45, 7) is 4.07. The van der Waals surface area contributed by atoms with E-state index in [2.05, 4.69) is 6.92 Å². The molecule has 142 valence electrons. The van der Waals surface area contributed by atoms with Crippen LogP contribution in [0.5, 0.6) is 0 Å². The van der Waals surface area contributed by atoms with Crippen molar-refractivity contribution in [2.75, 3.05) is 0 Å². The molecule has 0 aliphatic rings. The van der Waals surface area contributed by atoms with Gasteiger partial charge in [0.1, 0.15) is 0 Å². The van der Waals surface area contributed by atoms with Crippen LogP contribution in [0.1, 0.15) is 11.1 Å². The van der Waals surface area contributed by atoms with Gasteiger partial charge in [-0.2, -0.15) is 0 Å². The summed E-state index contributed by atoms with van der Waals surface area (Å²) in [5.74, 6) is 0.